The van der Waals surface area contributed by atoms with E-state index in [-0.39, 0.29) is 12.3 Å². The molecule has 2 N–H and O–H groups in total. The zero-order valence-corrected chi connectivity index (χ0v) is 12.7. The van der Waals surface area contributed by atoms with E-state index in [9.17, 15) is 9.59 Å². The highest BCUT2D eigenvalue weighted by Gasteiger charge is 2.13. The first-order chi connectivity index (χ1) is 10.6. The lowest BCUT2D eigenvalue weighted by Gasteiger charge is -2.14. The van der Waals surface area contributed by atoms with Crippen LogP contribution in [0.1, 0.15) is 43.0 Å². The van der Waals surface area contributed by atoms with Crippen molar-refractivity contribution in [3.63, 3.8) is 0 Å². The largest absolute Gasteiger partial charge is 0.481 e. The molecular weight excluding hydrogens is 282 g/mol. The van der Waals surface area contributed by atoms with Gasteiger partial charge in [0.1, 0.15) is 0 Å². The molecule has 0 aliphatic carbocycles. The number of benzene rings is 1. The van der Waals surface area contributed by atoms with Gasteiger partial charge in [0.15, 0.2) is 0 Å². The van der Waals surface area contributed by atoms with E-state index in [0.717, 1.165) is 24.4 Å². The van der Waals surface area contributed by atoms with Gasteiger partial charge in [0.25, 0.3) is 5.91 Å². The number of carboxylic acids is 1. The second-order valence-electron chi connectivity index (χ2n) is 5.36. The number of aliphatic carboxylic acids is 1. The quantitative estimate of drug-likeness (QED) is 0.757. The van der Waals surface area contributed by atoms with Crippen molar-refractivity contribution in [3.05, 3.63) is 29.8 Å². The Labute approximate surface area is 129 Å². The summed E-state index contributed by atoms with van der Waals surface area (Å²) >= 11 is 0. The number of nitrogens with one attached hydrogen (secondary N) is 1. The molecule has 0 unspecified atom stereocenters. The van der Waals surface area contributed by atoms with Crippen LogP contribution in [0.4, 0.5) is 5.69 Å². The number of carbonyl (C=O) groups is 2. The molecule has 6 heteroatoms. The Bertz CT molecular complexity index is 567. The zero-order valence-electron chi connectivity index (χ0n) is 12.7. The third-order valence-corrected chi connectivity index (χ3v) is 3.51. The van der Waals surface area contributed by atoms with Crippen LogP contribution < -0.4 is 10.3 Å². The lowest BCUT2D eigenvalue weighted by Crippen LogP contribution is -2.24. The van der Waals surface area contributed by atoms with E-state index < -0.39 is 5.97 Å². The smallest absolute Gasteiger partial charge is 0.303 e. The monoisotopic (exact) mass is 303 g/mol. The molecule has 0 atom stereocenters. The second kappa shape index (κ2) is 7.59. The van der Waals surface area contributed by atoms with Crippen LogP contribution in [0.5, 0.6) is 0 Å². The topological polar surface area (TPSA) is 82.0 Å². The van der Waals surface area contributed by atoms with E-state index in [1.807, 2.05) is 24.1 Å². The molecule has 1 aromatic carbocycles. The predicted octanol–water partition coefficient (Wildman–Crippen LogP) is 2.26. The average molecular weight is 303 g/mol. The van der Waals surface area contributed by atoms with Gasteiger partial charge in [0.2, 0.25) is 0 Å². The van der Waals surface area contributed by atoms with E-state index in [1.54, 1.807) is 12.1 Å². The molecule has 0 saturated heterocycles. The first-order valence-corrected chi connectivity index (χ1v) is 7.48. The van der Waals surface area contributed by atoms with Crippen molar-refractivity contribution in [2.45, 2.75) is 32.6 Å². The summed E-state index contributed by atoms with van der Waals surface area (Å²) in [5.74, 6) is -0.940. The number of amides is 1. The molecular formula is C16H21N3O3. The van der Waals surface area contributed by atoms with E-state index in [2.05, 4.69) is 10.4 Å². The number of anilines is 1. The van der Waals surface area contributed by atoms with Gasteiger partial charge in [-0.15, -0.1) is 0 Å². The molecule has 0 saturated carbocycles. The number of hydrazone groups is 1. The molecule has 0 aromatic heterocycles. The van der Waals surface area contributed by atoms with Crippen LogP contribution in [0.3, 0.4) is 0 Å². The minimum absolute atomic E-state index is 0.136. The molecule has 0 fully saturated rings. The number of rotatable bonds is 7. The molecule has 6 nitrogen and oxygen atoms in total. The van der Waals surface area contributed by atoms with Crippen LogP contribution in [-0.2, 0) is 4.79 Å². The number of carboxylic acid groups (broad SMARTS) is 1. The van der Waals surface area contributed by atoms with Gasteiger partial charge < -0.3 is 10.4 Å². The molecule has 1 heterocycles. The molecule has 0 radical (unpaired) electrons. The maximum atomic E-state index is 12.0. The van der Waals surface area contributed by atoms with Gasteiger partial charge in [0, 0.05) is 37.2 Å². The summed E-state index contributed by atoms with van der Waals surface area (Å²) in [7, 11) is 0. The molecule has 0 spiro atoms. The number of hydrogen-bond acceptors (Lipinski definition) is 4. The Morgan fingerprint density at radius 1 is 1.27 bits per heavy atom. The van der Waals surface area contributed by atoms with Crippen LogP contribution >= 0.6 is 0 Å². The summed E-state index contributed by atoms with van der Waals surface area (Å²) in [6, 6.07) is 7.35. The fourth-order valence-electron chi connectivity index (χ4n) is 2.25. The fourth-order valence-corrected chi connectivity index (χ4v) is 2.25. The SMILES string of the molecule is CC1=NN(c2ccc(C(=O)NCCCCC(=O)O)cc2)CC1. The third kappa shape index (κ3) is 4.58. The van der Waals surface area contributed by atoms with Gasteiger partial charge in [-0.2, -0.15) is 5.10 Å². The highest BCUT2D eigenvalue weighted by atomic mass is 16.4. The van der Waals surface area contributed by atoms with Gasteiger partial charge in [-0.05, 0) is 44.0 Å². The standard InChI is InChI=1S/C16H21N3O3/c1-12-9-11-19(18-12)14-7-5-13(6-8-14)16(22)17-10-3-2-4-15(20)21/h5-8H,2-4,9-11H2,1H3,(H,17,22)(H,20,21). The van der Waals surface area contributed by atoms with Crippen molar-refractivity contribution in [2.75, 3.05) is 18.1 Å². The third-order valence-electron chi connectivity index (χ3n) is 3.51. The Kier molecular flexibility index (Phi) is 5.52. The van der Waals surface area contributed by atoms with Crippen molar-refractivity contribution >= 4 is 23.3 Å². The van der Waals surface area contributed by atoms with E-state index in [0.29, 0.717) is 24.9 Å². The molecule has 1 aromatic rings. The predicted molar refractivity (Wildman–Crippen MR) is 85.3 cm³/mol. The van der Waals surface area contributed by atoms with Gasteiger partial charge in [-0.25, -0.2) is 0 Å². The normalized spacial score (nSPS) is 13.9. The Balaban J connectivity index is 1.80. The zero-order chi connectivity index (χ0) is 15.9. The average Bonchev–Trinajstić information content (AvgIpc) is 2.93. The van der Waals surface area contributed by atoms with Gasteiger partial charge in [-0.1, -0.05) is 0 Å². The minimum atomic E-state index is -0.804. The molecule has 2 rings (SSSR count). The van der Waals surface area contributed by atoms with Crippen LogP contribution in [0.15, 0.2) is 29.4 Å². The van der Waals surface area contributed by atoms with Crippen molar-refractivity contribution in [2.24, 2.45) is 5.10 Å². The summed E-state index contributed by atoms with van der Waals surface area (Å²) < 4.78 is 0. The summed E-state index contributed by atoms with van der Waals surface area (Å²) in [5, 5.41) is 17.7. The Hall–Kier alpha value is -2.37. The maximum Gasteiger partial charge on any atom is 0.303 e. The van der Waals surface area contributed by atoms with Crippen molar-refractivity contribution < 1.29 is 14.7 Å². The second-order valence-corrected chi connectivity index (χ2v) is 5.36. The molecule has 1 aliphatic rings. The van der Waals surface area contributed by atoms with E-state index in [4.69, 9.17) is 5.11 Å². The number of carbonyl (C=O) groups excluding carboxylic acids is 1. The molecule has 1 aliphatic heterocycles. The highest BCUT2D eigenvalue weighted by Crippen LogP contribution is 2.19. The van der Waals surface area contributed by atoms with Crippen LogP contribution in [-0.4, -0.2) is 35.8 Å². The summed E-state index contributed by atoms with van der Waals surface area (Å²) in [6.45, 7) is 3.37. The molecule has 118 valence electrons. The summed E-state index contributed by atoms with van der Waals surface area (Å²) in [4.78, 5) is 22.3. The van der Waals surface area contributed by atoms with Gasteiger partial charge in [0.05, 0.1) is 5.69 Å². The lowest BCUT2D eigenvalue weighted by molar-refractivity contribution is -0.137. The van der Waals surface area contributed by atoms with Gasteiger partial charge in [-0.3, -0.25) is 14.6 Å². The van der Waals surface area contributed by atoms with Crippen LogP contribution in [0.2, 0.25) is 0 Å². The molecule has 22 heavy (non-hydrogen) atoms. The first-order valence-electron chi connectivity index (χ1n) is 7.48. The number of unbranched alkanes of at least 4 members (excludes halogenated alkanes) is 1. The number of nitrogens with zero attached hydrogens (tertiary/aromatic N) is 2. The summed E-state index contributed by atoms with van der Waals surface area (Å²) in [6.07, 6.45) is 2.34. The van der Waals surface area contributed by atoms with Crippen molar-refractivity contribution in [1.29, 1.82) is 0 Å². The first kappa shape index (κ1) is 16.0. The highest BCUT2D eigenvalue weighted by molar-refractivity contribution is 5.94. The number of hydrogen-bond donors (Lipinski definition) is 2. The van der Waals surface area contributed by atoms with E-state index in [1.165, 1.54) is 0 Å². The van der Waals surface area contributed by atoms with Crippen molar-refractivity contribution in [1.82, 2.24) is 5.32 Å². The van der Waals surface area contributed by atoms with Crippen LogP contribution in [0.25, 0.3) is 0 Å². The van der Waals surface area contributed by atoms with E-state index >= 15 is 0 Å². The molecule has 1 amide bonds. The van der Waals surface area contributed by atoms with Crippen molar-refractivity contribution in [3.8, 4) is 0 Å². The fraction of sp³-hybridized carbons (Fsp3) is 0.438. The Morgan fingerprint density at radius 2 is 2.00 bits per heavy atom. The lowest BCUT2D eigenvalue weighted by atomic mass is 10.2. The van der Waals surface area contributed by atoms with Crippen LogP contribution in [0, 0.1) is 0 Å². The minimum Gasteiger partial charge on any atom is -0.481 e. The maximum absolute atomic E-state index is 12.0. The van der Waals surface area contributed by atoms with Gasteiger partial charge >= 0.3 is 5.97 Å². The molecule has 0 bridgehead atoms. The summed E-state index contributed by atoms with van der Waals surface area (Å²) in [5.41, 5.74) is 2.69. The Morgan fingerprint density at radius 3 is 2.59 bits per heavy atom.